The van der Waals surface area contributed by atoms with Gasteiger partial charge < -0.3 is 15.7 Å². The second-order valence-corrected chi connectivity index (χ2v) is 9.33. The molecular weight excluding hydrogens is 260 g/mol. The zero-order valence-electron chi connectivity index (χ0n) is 13.3. The Balaban J connectivity index is 1.26. The van der Waals surface area contributed by atoms with E-state index >= 15 is 0 Å². The average molecular weight is 290 g/mol. The maximum absolute atomic E-state index is 10.9. The van der Waals surface area contributed by atoms with Crippen molar-refractivity contribution in [2.75, 3.05) is 19.6 Å². The largest absolute Gasteiger partial charge is 0.390 e. The number of aliphatic hydroxyl groups is 1. The van der Waals surface area contributed by atoms with Crippen molar-refractivity contribution in [3.63, 3.8) is 0 Å². The predicted octanol–water partition coefficient (Wildman–Crippen LogP) is 1.76. The fraction of sp³-hybridized carbons (Fsp3) is 1.00. The lowest BCUT2D eigenvalue weighted by atomic mass is 9.46. The van der Waals surface area contributed by atoms with E-state index in [2.05, 4.69) is 17.6 Å². The van der Waals surface area contributed by atoms with Crippen LogP contribution in [-0.4, -0.2) is 36.4 Å². The first-order valence-corrected chi connectivity index (χ1v) is 9.23. The Morgan fingerprint density at radius 1 is 1.14 bits per heavy atom. The van der Waals surface area contributed by atoms with Crippen molar-refractivity contribution >= 4 is 0 Å². The first kappa shape index (κ1) is 13.3. The quantitative estimate of drug-likeness (QED) is 0.739. The van der Waals surface area contributed by atoms with Crippen molar-refractivity contribution in [3.8, 4) is 0 Å². The van der Waals surface area contributed by atoms with Gasteiger partial charge in [0.25, 0.3) is 0 Å². The third-order valence-corrected chi connectivity index (χ3v) is 7.92. The van der Waals surface area contributed by atoms with Crippen molar-refractivity contribution < 1.29 is 5.11 Å². The molecule has 6 fully saturated rings. The van der Waals surface area contributed by atoms with Gasteiger partial charge in [-0.2, -0.15) is 0 Å². The Morgan fingerprint density at radius 3 is 2.43 bits per heavy atom. The Bertz CT molecular complexity index is 426. The van der Waals surface area contributed by atoms with Gasteiger partial charge in [-0.15, -0.1) is 0 Å². The highest BCUT2D eigenvalue weighted by Gasteiger charge is 2.59. The molecule has 0 aromatic heterocycles. The van der Waals surface area contributed by atoms with Gasteiger partial charge in [0, 0.05) is 6.04 Å². The van der Waals surface area contributed by atoms with Gasteiger partial charge >= 0.3 is 0 Å². The normalized spacial score (nSPS) is 58.3. The minimum Gasteiger partial charge on any atom is -0.390 e. The van der Waals surface area contributed by atoms with Crippen LogP contribution in [0.15, 0.2) is 0 Å². The second-order valence-electron chi connectivity index (χ2n) is 9.33. The summed E-state index contributed by atoms with van der Waals surface area (Å²) in [6, 6.07) is 0.587. The highest BCUT2D eigenvalue weighted by atomic mass is 16.3. The fourth-order valence-corrected chi connectivity index (χ4v) is 7.17. The topological polar surface area (TPSA) is 44.3 Å². The van der Waals surface area contributed by atoms with E-state index in [4.69, 9.17) is 0 Å². The fourth-order valence-electron chi connectivity index (χ4n) is 7.17. The first-order chi connectivity index (χ1) is 10.1. The molecule has 0 radical (unpaired) electrons. The molecular formula is C18H30N2O. The summed E-state index contributed by atoms with van der Waals surface area (Å²) >= 11 is 0. The first-order valence-electron chi connectivity index (χ1n) is 9.23. The van der Waals surface area contributed by atoms with Crippen LogP contribution >= 0.6 is 0 Å². The molecule has 6 aliphatic rings. The van der Waals surface area contributed by atoms with E-state index < -0.39 is 0 Å². The van der Waals surface area contributed by atoms with Crippen molar-refractivity contribution in [2.24, 2.45) is 35.0 Å². The predicted molar refractivity (Wildman–Crippen MR) is 82.9 cm³/mol. The Labute approximate surface area is 128 Å². The molecule has 1 saturated heterocycles. The van der Waals surface area contributed by atoms with Gasteiger partial charge in [-0.05, 0) is 100 Å². The van der Waals surface area contributed by atoms with Gasteiger partial charge in [-0.25, -0.2) is 0 Å². The van der Waals surface area contributed by atoms with Crippen molar-refractivity contribution in [1.29, 1.82) is 0 Å². The molecule has 1 heterocycles. The van der Waals surface area contributed by atoms with E-state index in [1.165, 1.54) is 38.9 Å². The third kappa shape index (κ3) is 1.96. The van der Waals surface area contributed by atoms with Crippen LogP contribution in [0.25, 0.3) is 0 Å². The minimum atomic E-state index is -0.306. The van der Waals surface area contributed by atoms with Gasteiger partial charge in [0.05, 0.1) is 5.60 Å². The molecule has 6 rings (SSSR count). The molecule has 3 nitrogen and oxygen atoms in total. The van der Waals surface area contributed by atoms with Crippen LogP contribution in [0.3, 0.4) is 0 Å². The molecule has 21 heavy (non-hydrogen) atoms. The van der Waals surface area contributed by atoms with Crippen LogP contribution in [0, 0.1) is 35.0 Å². The molecule has 3 heteroatoms. The molecule has 4 unspecified atom stereocenters. The molecule has 118 valence electrons. The summed E-state index contributed by atoms with van der Waals surface area (Å²) in [6.45, 7) is 6.13. The van der Waals surface area contributed by atoms with Gasteiger partial charge in [0.2, 0.25) is 0 Å². The SMILES string of the molecule is CC(NCC1[C@H]2CNC[C@@H]12)C12CC3CC(CC(O)(C3)C1)C2. The van der Waals surface area contributed by atoms with Crippen LogP contribution in [0.5, 0.6) is 0 Å². The monoisotopic (exact) mass is 290 g/mol. The molecule has 5 saturated carbocycles. The Kier molecular flexibility index (Phi) is 2.69. The summed E-state index contributed by atoms with van der Waals surface area (Å²) in [5, 5.41) is 18.3. The number of piperidine rings is 1. The van der Waals surface area contributed by atoms with Gasteiger partial charge in [-0.1, -0.05) is 0 Å². The molecule has 5 aliphatic carbocycles. The summed E-state index contributed by atoms with van der Waals surface area (Å²) in [5.74, 6) is 4.48. The van der Waals surface area contributed by atoms with Crippen molar-refractivity contribution in [2.45, 2.75) is 57.1 Å². The molecule has 0 aromatic rings. The van der Waals surface area contributed by atoms with Gasteiger partial charge in [0.1, 0.15) is 0 Å². The molecule has 4 bridgehead atoms. The number of fused-ring (bicyclic) bond motifs is 1. The van der Waals surface area contributed by atoms with E-state index in [1.807, 2.05) is 0 Å². The van der Waals surface area contributed by atoms with Crippen LogP contribution in [0.4, 0.5) is 0 Å². The zero-order valence-corrected chi connectivity index (χ0v) is 13.3. The van der Waals surface area contributed by atoms with Crippen LogP contribution in [-0.2, 0) is 0 Å². The summed E-state index contributed by atoms with van der Waals surface area (Å²) in [4.78, 5) is 0. The number of hydrogen-bond donors (Lipinski definition) is 3. The van der Waals surface area contributed by atoms with Crippen molar-refractivity contribution in [1.82, 2.24) is 10.6 Å². The molecule has 6 atom stereocenters. The van der Waals surface area contributed by atoms with Crippen LogP contribution in [0.2, 0.25) is 0 Å². The van der Waals surface area contributed by atoms with E-state index in [0.29, 0.717) is 11.5 Å². The van der Waals surface area contributed by atoms with Crippen LogP contribution < -0.4 is 10.6 Å². The maximum atomic E-state index is 10.9. The summed E-state index contributed by atoms with van der Waals surface area (Å²) in [7, 11) is 0. The molecule has 1 aliphatic heterocycles. The molecule has 0 aromatic carbocycles. The highest BCUT2D eigenvalue weighted by molar-refractivity contribution is 5.12. The lowest BCUT2D eigenvalue weighted by molar-refractivity contribution is -0.172. The van der Waals surface area contributed by atoms with Crippen LogP contribution in [0.1, 0.15) is 45.4 Å². The highest BCUT2D eigenvalue weighted by Crippen LogP contribution is 2.62. The standard InChI is InChI=1S/C18H30N2O/c1-11(20-9-16-14-7-19-8-15(14)16)17-3-12-2-13(4-17)6-18(21,5-12)10-17/h11-16,19-21H,2-10H2,1H3/t11?,12?,13?,14-,15+,16?,17?,18?. The minimum absolute atomic E-state index is 0.306. The van der Waals surface area contributed by atoms with E-state index in [-0.39, 0.29) is 5.60 Å². The lowest BCUT2D eigenvalue weighted by Gasteiger charge is -2.62. The van der Waals surface area contributed by atoms with E-state index in [1.54, 1.807) is 0 Å². The zero-order chi connectivity index (χ0) is 14.2. The number of rotatable bonds is 4. The molecule has 0 spiro atoms. The van der Waals surface area contributed by atoms with E-state index in [0.717, 1.165) is 48.9 Å². The summed E-state index contributed by atoms with van der Waals surface area (Å²) in [6.07, 6.45) is 7.40. The van der Waals surface area contributed by atoms with Gasteiger partial charge in [0.15, 0.2) is 0 Å². The third-order valence-electron chi connectivity index (χ3n) is 7.92. The van der Waals surface area contributed by atoms with Crippen molar-refractivity contribution in [3.05, 3.63) is 0 Å². The number of hydrogen-bond acceptors (Lipinski definition) is 3. The van der Waals surface area contributed by atoms with Gasteiger partial charge in [-0.3, -0.25) is 0 Å². The molecule has 3 N–H and O–H groups in total. The smallest absolute Gasteiger partial charge is 0.0659 e. The summed E-state index contributed by atoms with van der Waals surface area (Å²) in [5.41, 5.74) is 0.0983. The Morgan fingerprint density at radius 2 is 1.81 bits per heavy atom. The average Bonchev–Trinajstić information content (AvgIpc) is 2.83. The van der Waals surface area contributed by atoms with E-state index in [9.17, 15) is 5.11 Å². The lowest BCUT2D eigenvalue weighted by Crippen LogP contribution is -2.61. The summed E-state index contributed by atoms with van der Waals surface area (Å²) < 4.78 is 0. The Hall–Kier alpha value is -0.120. The molecule has 0 amide bonds. The second kappa shape index (κ2) is 4.24. The maximum Gasteiger partial charge on any atom is 0.0659 e. The number of nitrogens with one attached hydrogen (secondary N) is 2.